The maximum absolute atomic E-state index is 9.96. The molecule has 121 valence electrons. The van der Waals surface area contributed by atoms with E-state index in [1.54, 1.807) is 0 Å². The van der Waals surface area contributed by atoms with Gasteiger partial charge in [0.15, 0.2) is 0 Å². The van der Waals surface area contributed by atoms with Gasteiger partial charge in [0.05, 0.1) is 0 Å². The Morgan fingerprint density at radius 3 is 1.11 bits per heavy atom. The fraction of sp³-hybridized carbons (Fsp3) is 1.00. The van der Waals surface area contributed by atoms with E-state index in [1.807, 2.05) is 0 Å². The van der Waals surface area contributed by atoms with Crippen LogP contribution in [0.2, 0.25) is 0 Å². The third-order valence-corrected chi connectivity index (χ3v) is 2.50. The molecule has 0 spiro atoms. The Labute approximate surface area is 130 Å². The largest absolute Gasteiger partial charge is 2.00 e. The third-order valence-electron chi connectivity index (χ3n) is 2.50. The Balaban J connectivity index is -0.000000256. The molecule has 0 aliphatic heterocycles. The van der Waals surface area contributed by atoms with Crippen molar-refractivity contribution in [2.75, 3.05) is 54.5 Å². The Morgan fingerprint density at radius 2 is 0.895 bits per heavy atom. The molecule has 0 rings (SSSR count). The third kappa shape index (κ3) is 32.2. The van der Waals surface area contributed by atoms with Crippen LogP contribution < -0.4 is 10.2 Å². The zero-order chi connectivity index (χ0) is 14.2. The fourth-order valence-corrected chi connectivity index (χ4v) is 1.41. The van der Waals surface area contributed by atoms with Crippen molar-refractivity contribution in [3.63, 3.8) is 0 Å². The molecule has 0 N–H and O–H groups in total. The number of nitrogens with zero attached hydrogens (tertiary/aromatic N) is 2. The van der Waals surface area contributed by atoms with E-state index in [4.69, 9.17) is 0 Å². The number of unbranched alkanes of at least 4 members (excludes halogenated alkanes) is 4. The average Bonchev–Trinajstić information content (AvgIpc) is 2.31. The van der Waals surface area contributed by atoms with Gasteiger partial charge in [0, 0.05) is 0 Å². The van der Waals surface area contributed by atoms with Gasteiger partial charge in [-0.25, -0.2) is 0 Å². The van der Waals surface area contributed by atoms with Crippen LogP contribution in [0.3, 0.4) is 0 Å². The minimum Gasteiger partial charge on any atom is -0.854 e. The summed E-state index contributed by atoms with van der Waals surface area (Å²) < 4.78 is 0. The van der Waals surface area contributed by atoms with Crippen LogP contribution in [0.4, 0.5) is 0 Å². The van der Waals surface area contributed by atoms with Crippen molar-refractivity contribution < 1.29 is 27.3 Å². The van der Waals surface area contributed by atoms with Crippen molar-refractivity contribution in [2.45, 2.75) is 38.5 Å². The Bertz CT molecular complexity index is 131. The first-order valence-electron chi connectivity index (χ1n) is 7.00. The Kier molecular flexibility index (Phi) is 26.5. The van der Waals surface area contributed by atoms with Gasteiger partial charge in [-0.3, -0.25) is 0 Å². The van der Waals surface area contributed by atoms with E-state index in [0.717, 1.165) is 51.6 Å². The second-order valence-corrected chi connectivity index (χ2v) is 5.14. The van der Waals surface area contributed by atoms with Crippen molar-refractivity contribution in [1.82, 2.24) is 9.80 Å². The number of rotatable bonds is 10. The molecule has 0 unspecified atom stereocenters. The first-order valence-corrected chi connectivity index (χ1v) is 7.00. The smallest absolute Gasteiger partial charge is 0.854 e. The van der Waals surface area contributed by atoms with Crippen LogP contribution in [0.5, 0.6) is 0 Å². The molecule has 0 amide bonds. The van der Waals surface area contributed by atoms with Gasteiger partial charge in [0.2, 0.25) is 0 Å². The second kappa shape index (κ2) is 20.7. The molecule has 4 nitrogen and oxygen atoms in total. The minimum atomic E-state index is 0. The topological polar surface area (TPSA) is 52.6 Å². The van der Waals surface area contributed by atoms with Gasteiger partial charge in [-0.2, -0.15) is 0 Å². The molecule has 0 aromatic carbocycles. The van der Waals surface area contributed by atoms with E-state index in [9.17, 15) is 10.2 Å². The van der Waals surface area contributed by atoms with Crippen molar-refractivity contribution in [3.8, 4) is 0 Å². The van der Waals surface area contributed by atoms with Gasteiger partial charge in [-0.05, 0) is 54.1 Å². The normalized spacial score (nSPS) is 10.1. The Morgan fingerprint density at radius 1 is 0.579 bits per heavy atom. The van der Waals surface area contributed by atoms with Crippen LogP contribution in [0.25, 0.3) is 0 Å². The molecule has 0 atom stereocenters. The first kappa shape index (κ1) is 24.4. The first-order chi connectivity index (χ1) is 8.54. The van der Waals surface area contributed by atoms with E-state index in [2.05, 4.69) is 38.0 Å². The van der Waals surface area contributed by atoms with Crippen LogP contribution in [-0.2, 0) is 17.1 Å². The summed E-state index contributed by atoms with van der Waals surface area (Å²) in [6.07, 6.45) is 6.18. The molecule has 0 aliphatic carbocycles. The molecule has 19 heavy (non-hydrogen) atoms. The molecule has 5 heteroatoms. The van der Waals surface area contributed by atoms with Crippen molar-refractivity contribution in [2.24, 2.45) is 0 Å². The molecule has 0 aromatic rings. The van der Waals surface area contributed by atoms with Crippen LogP contribution >= 0.6 is 0 Å². The molecular formula is C14H32CuN2O2. The summed E-state index contributed by atoms with van der Waals surface area (Å²) >= 11 is 0. The van der Waals surface area contributed by atoms with Crippen LogP contribution in [0.1, 0.15) is 38.5 Å². The maximum Gasteiger partial charge on any atom is 2.00 e. The molecule has 0 saturated heterocycles. The molecule has 0 heterocycles. The summed E-state index contributed by atoms with van der Waals surface area (Å²) in [6.45, 7) is 2.40. The summed E-state index contributed by atoms with van der Waals surface area (Å²) in [6, 6.07) is 0. The van der Waals surface area contributed by atoms with Crippen LogP contribution in [-0.4, -0.2) is 64.3 Å². The van der Waals surface area contributed by atoms with E-state index >= 15 is 0 Å². The maximum atomic E-state index is 9.96. The van der Waals surface area contributed by atoms with Crippen molar-refractivity contribution >= 4 is 0 Å². The summed E-state index contributed by atoms with van der Waals surface area (Å²) in [4.78, 5) is 4.29. The van der Waals surface area contributed by atoms with Gasteiger partial charge in [0.25, 0.3) is 0 Å². The summed E-state index contributed by atoms with van der Waals surface area (Å²) in [5, 5.41) is 19.9. The van der Waals surface area contributed by atoms with Crippen molar-refractivity contribution in [3.05, 3.63) is 0 Å². The standard InChI is InChI=1S/2C7H16NO.Cu/c2*1-8(2)6-4-3-5-7-9;/h2*3-7H2,1-2H3;/q2*-1;+2. The van der Waals surface area contributed by atoms with Crippen LogP contribution in [0.15, 0.2) is 0 Å². The molecule has 0 saturated carbocycles. The second-order valence-electron chi connectivity index (χ2n) is 5.14. The molecule has 1 radical (unpaired) electrons. The summed E-state index contributed by atoms with van der Waals surface area (Å²) in [5.74, 6) is 0. The van der Waals surface area contributed by atoms with E-state index in [-0.39, 0.29) is 30.3 Å². The zero-order valence-electron chi connectivity index (χ0n) is 13.1. The summed E-state index contributed by atoms with van der Waals surface area (Å²) in [7, 11) is 8.21. The van der Waals surface area contributed by atoms with Crippen LogP contribution in [0, 0.1) is 0 Å². The fourth-order valence-electron chi connectivity index (χ4n) is 1.41. The molecule has 0 fully saturated rings. The predicted octanol–water partition coefficient (Wildman–Crippen LogP) is 0.155. The zero-order valence-corrected chi connectivity index (χ0v) is 14.0. The minimum absolute atomic E-state index is 0. The molecule has 0 aliphatic rings. The molecular weight excluding hydrogens is 292 g/mol. The quantitative estimate of drug-likeness (QED) is 0.424. The average molecular weight is 324 g/mol. The van der Waals surface area contributed by atoms with Gasteiger partial charge in [0.1, 0.15) is 0 Å². The number of hydrogen-bond donors (Lipinski definition) is 0. The van der Waals surface area contributed by atoms with Crippen molar-refractivity contribution in [1.29, 1.82) is 0 Å². The van der Waals surface area contributed by atoms with Gasteiger partial charge in [-0.1, -0.05) is 25.7 Å². The van der Waals surface area contributed by atoms with E-state index in [1.165, 1.54) is 0 Å². The number of hydrogen-bond acceptors (Lipinski definition) is 4. The van der Waals surface area contributed by atoms with E-state index in [0.29, 0.717) is 0 Å². The predicted molar refractivity (Wildman–Crippen MR) is 74.5 cm³/mol. The van der Waals surface area contributed by atoms with Gasteiger partial charge < -0.3 is 20.0 Å². The SMILES string of the molecule is CN(C)CCCCC[O-].CN(C)CCCCC[O-].[Cu+2]. The van der Waals surface area contributed by atoms with Gasteiger partial charge >= 0.3 is 17.1 Å². The monoisotopic (exact) mass is 323 g/mol. The molecule has 0 bridgehead atoms. The molecule has 0 aromatic heterocycles. The van der Waals surface area contributed by atoms with E-state index < -0.39 is 0 Å². The Hall–Kier alpha value is 0.359. The van der Waals surface area contributed by atoms with Gasteiger partial charge in [-0.15, -0.1) is 13.2 Å². The summed E-state index contributed by atoms with van der Waals surface area (Å²) in [5.41, 5.74) is 0.